The Balaban J connectivity index is 1.60. The Labute approximate surface area is 184 Å². The zero-order valence-corrected chi connectivity index (χ0v) is 19.3. The van der Waals surface area contributed by atoms with E-state index in [1.165, 1.54) is 17.7 Å². The highest BCUT2D eigenvalue weighted by molar-refractivity contribution is 7.90. The molecular weight excluding hydrogens is 412 g/mol. The lowest BCUT2D eigenvalue weighted by Gasteiger charge is -2.32. The average molecular weight is 443 g/mol. The summed E-state index contributed by atoms with van der Waals surface area (Å²) < 4.78 is 23.2. The maximum atomic E-state index is 13.0. The molecular formula is C24H30N2O4S. The number of hydrogen-bond acceptors (Lipinski definition) is 4. The van der Waals surface area contributed by atoms with Crippen LogP contribution in [-0.2, 0) is 32.4 Å². The summed E-state index contributed by atoms with van der Waals surface area (Å²) in [6.07, 6.45) is 1.99. The minimum atomic E-state index is -3.26. The highest BCUT2D eigenvalue weighted by atomic mass is 32.2. The molecule has 31 heavy (non-hydrogen) atoms. The van der Waals surface area contributed by atoms with E-state index in [0.29, 0.717) is 13.1 Å². The number of carbonyl (C=O) groups is 2. The molecule has 0 aromatic heterocycles. The van der Waals surface area contributed by atoms with Crippen molar-refractivity contribution in [2.45, 2.75) is 44.7 Å². The predicted octanol–water partition coefficient (Wildman–Crippen LogP) is 3.12. The van der Waals surface area contributed by atoms with E-state index < -0.39 is 21.7 Å². The van der Waals surface area contributed by atoms with Crippen LogP contribution in [0, 0.1) is 11.8 Å². The first kappa shape index (κ1) is 23.0. The molecule has 2 aromatic carbocycles. The third-order valence-corrected chi connectivity index (χ3v) is 7.29. The third-order valence-electron chi connectivity index (χ3n) is 6.16. The summed E-state index contributed by atoms with van der Waals surface area (Å²) >= 11 is 0. The van der Waals surface area contributed by atoms with Crippen LogP contribution in [0.15, 0.2) is 53.4 Å². The molecule has 0 saturated carbocycles. The summed E-state index contributed by atoms with van der Waals surface area (Å²) in [5, 5.41) is 2.95. The number of fused-ring (bicyclic) bond motifs is 1. The minimum Gasteiger partial charge on any atom is -0.349 e. The summed E-state index contributed by atoms with van der Waals surface area (Å²) in [6, 6.07) is 14.3. The SMILES string of the molecule is CC(NC(=O)[C@H](C)[C@@H](C)C(=O)N1CCc2ccccc2C1)c1ccc(S(C)(=O)=O)cc1. The Morgan fingerprint density at radius 2 is 1.55 bits per heavy atom. The highest BCUT2D eigenvalue weighted by Gasteiger charge is 2.31. The average Bonchev–Trinajstić information content (AvgIpc) is 2.76. The van der Waals surface area contributed by atoms with Gasteiger partial charge in [0.1, 0.15) is 0 Å². The van der Waals surface area contributed by atoms with Gasteiger partial charge in [-0.2, -0.15) is 0 Å². The second-order valence-corrected chi connectivity index (χ2v) is 10.4. The Hall–Kier alpha value is -2.67. The number of carbonyl (C=O) groups excluding carboxylic acids is 2. The van der Waals surface area contributed by atoms with Crippen molar-refractivity contribution < 1.29 is 18.0 Å². The molecule has 2 amide bonds. The molecule has 0 spiro atoms. The quantitative estimate of drug-likeness (QED) is 0.745. The Morgan fingerprint density at radius 3 is 2.16 bits per heavy atom. The number of benzene rings is 2. The van der Waals surface area contributed by atoms with Gasteiger partial charge >= 0.3 is 0 Å². The van der Waals surface area contributed by atoms with E-state index in [1.54, 1.807) is 26.0 Å². The van der Waals surface area contributed by atoms with Crippen LogP contribution in [0.3, 0.4) is 0 Å². The van der Waals surface area contributed by atoms with Gasteiger partial charge in [-0.1, -0.05) is 50.2 Å². The van der Waals surface area contributed by atoms with Crippen molar-refractivity contribution in [2.75, 3.05) is 12.8 Å². The highest BCUT2D eigenvalue weighted by Crippen LogP contribution is 2.23. The second-order valence-electron chi connectivity index (χ2n) is 8.43. The first-order valence-corrected chi connectivity index (χ1v) is 12.4. The van der Waals surface area contributed by atoms with Crippen molar-refractivity contribution in [2.24, 2.45) is 11.8 Å². The Bertz CT molecular complexity index is 1060. The molecule has 0 saturated heterocycles. The van der Waals surface area contributed by atoms with E-state index >= 15 is 0 Å². The van der Waals surface area contributed by atoms with Gasteiger partial charge in [-0.3, -0.25) is 9.59 Å². The van der Waals surface area contributed by atoms with Crippen molar-refractivity contribution in [1.29, 1.82) is 0 Å². The van der Waals surface area contributed by atoms with Crippen LogP contribution < -0.4 is 5.32 Å². The first-order chi connectivity index (χ1) is 14.6. The molecule has 0 fully saturated rings. The Kier molecular flexibility index (Phi) is 6.84. The summed E-state index contributed by atoms with van der Waals surface area (Å²) in [4.78, 5) is 27.9. The van der Waals surface area contributed by atoms with Gasteiger partial charge in [0.15, 0.2) is 9.84 Å². The molecule has 1 N–H and O–H groups in total. The molecule has 1 unspecified atom stereocenters. The molecule has 6 nitrogen and oxygen atoms in total. The van der Waals surface area contributed by atoms with Crippen LogP contribution in [-0.4, -0.2) is 37.9 Å². The standard InChI is InChI=1S/C24H30N2O4S/c1-16(17(2)24(28)26-14-13-20-7-5-6-8-21(20)15-26)23(27)25-18(3)19-9-11-22(12-10-19)31(4,29)30/h5-12,16-18H,13-15H2,1-4H3,(H,25,27)/t16-,17-,18?/m1/s1. The summed E-state index contributed by atoms with van der Waals surface area (Å²) in [5.74, 6) is -1.13. The lowest BCUT2D eigenvalue weighted by molar-refractivity contribution is -0.141. The molecule has 3 atom stereocenters. The van der Waals surface area contributed by atoms with Crippen LogP contribution in [0.2, 0.25) is 0 Å². The monoisotopic (exact) mass is 442 g/mol. The Morgan fingerprint density at radius 1 is 0.935 bits per heavy atom. The van der Waals surface area contributed by atoms with Gasteiger partial charge in [0.05, 0.1) is 10.9 Å². The number of hydrogen-bond donors (Lipinski definition) is 1. The van der Waals surface area contributed by atoms with E-state index in [0.717, 1.165) is 23.8 Å². The fourth-order valence-corrected chi connectivity index (χ4v) is 4.48. The molecule has 0 radical (unpaired) electrons. The summed E-state index contributed by atoms with van der Waals surface area (Å²) in [6.45, 7) is 6.66. The predicted molar refractivity (Wildman–Crippen MR) is 120 cm³/mol. The van der Waals surface area contributed by atoms with Crippen molar-refractivity contribution in [3.63, 3.8) is 0 Å². The van der Waals surface area contributed by atoms with Crippen LogP contribution >= 0.6 is 0 Å². The van der Waals surface area contributed by atoms with Gasteiger partial charge in [-0.05, 0) is 42.2 Å². The topological polar surface area (TPSA) is 83.6 Å². The molecule has 0 aliphatic carbocycles. The zero-order chi connectivity index (χ0) is 22.8. The van der Waals surface area contributed by atoms with Crippen molar-refractivity contribution in [3.8, 4) is 0 Å². The lowest BCUT2D eigenvalue weighted by atomic mass is 9.91. The van der Waals surface area contributed by atoms with Gasteiger partial charge in [0.25, 0.3) is 0 Å². The maximum absolute atomic E-state index is 13.0. The number of amides is 2. The van der Waals surface area contributed by atoms with E-state index in [9.17, 15) is 18.0 Å². The van der Waals surface area contributed by atoms with Crippen molar-refractivity contribution in [1.82, 2.24) is 10.2 Å². The molecule has 2 aromatic rings. The van der Waals surface area contributed by atoms with Crippen LogP contribution in [0.1, 0.15) is 43.5 Å². The summed E-state index contributed by atoms with van der Waals surface area (Å²) in [5.41, 5.74) is 3.25. The smallest absolute Gasteiger partial charge is 0.226 e. The van der Waals surface area contributed by atoms with Crippen LogP contribution in [0.5, 0.6) is 0 Å². The lowest BCUT2D eigenvalue weighted by Crippen LogP contribution is -2.44. The summed E-state index contributed by atoms with van der Waals surface area (Å²) in [7, 11) is -3.26. The number of nitrogens with zero attached hydrogens (tertiary/aromatic N) is 1. The number of sulfone groups is 1. The molecule has 166 valence electrons. The van der Waals surface area contributed by atoms with E-state index in [1.807, 2.05) is 30.0 Å². The molecule has 1 heterocycles. The maximum Gasteiger partial charge on any atom is 0.226 e. The zero-order valence-electron chi connectivity index (χ0n) is 18.5. The van der Waals surface area contributed by atoms with Crippen molar-refractivity contribution >= 4 is 21.7 Å². The van der Waals surface area contributed by atoms with Crippen LogP contribution in [0.25, 0.3) is 0 Å². The second kappa shape index (κ2) is 9.22. The largest absolute Gasteiger partial charge is 0.349 e. The van der Waals surface area contributed by atoms with Gasteiger partial charge in [-0.25, -0.2) is 8.42 Å². The molecule has 7 heteroatoms. The van der Waals surface area contributed by atoms with Crippen LogP contribution in [0.4, 0.5) is 0 Å². The van der Waals surface area contributed by atoms with Gasteiger partial charge in [-0.15, -0.1) is 0 Å². The fraction of sp³-hybridized carbons (Fsp3) is 0.417. The normalized spacial score (nSPS) is 16.7. The first-order valence-electron chi connectivity index (χ1n) is 10.5. The van der Waals surface area contributed by atoms with E-state index in [2.05, 4.69) is 11.4 Å². The molecule has 1 aliphatic rings. The fourth-order valence-electron chi connectivity index (χ4n) is 3.84. The molecule has 1 aliphatic heterocycles. The van der Waals surface area contributed by atoms with Gasteiger partial charge < -0.3 is 10.2 Å². The van der Waals surface area contributed by atoms with Gasteiger partial charge in [0, 0.05) is 31.2 Å². The number of nitrogens with one attached hydrogen (secondary N) is 1. The molecule has 0 bridgehead atoms. The van der Waals surface area contributed by atoms with Gasteiger partial charge in [0.2, 0.25) is 11.8 Å². The van der Waals surface area contributed by atoms with E-state index in [4.69, 9.17) is 0 Å². The van der Waals surface area contributed by atoms with E-state index in [-0.39, 0.29) is 22.8 Å². The molecule has 3 rings (SSSR count). The third kappa shape index (κ3) is 5.34. The minimum absolute atomic E-state index is 0.0117. The van der Waals surface area contributed by atoms with Crippen molar-refractivity contribution in [3.05, 3.63) is 65.2 Å². The number of rotatable bonds is 6.